The van der Waals surface area contributed by atoms with E-state index in [1.807, 2.05) is 11.8 Å². The number of morpholine rings is 1. The van der Waals surface area contributed by atoms with Crippen LogP contribution in [0.25, 0.3) is 0 Å². The number of likely N-dealkylation sites (tertiary alicyclic amines) is 1. The van der Waals surface area contributed by atoms with Crippen LogP contribution in [0, 0.1) is 5.92 Å². The van der Waals surface area contributed by atoms with Crippen molar-refractivity contribution in [3.8, 4) is 0 Å². The summed E-state index contributed by atoms with van der Waals surface area (Å²) < 4.78 is 5.38. The molecular formula is C13H27Cl2N3O2. The van der Waals surface area contributed by atoms with Crippen molar-refractivity contribution < 1.29 is 9.53 Å². The van der Waals surface area contributed by atoms with Gasteiger partial charge in [-0.25, -0.2) is 0 Å². The molecule has 2 aliphatic heterocycles. The molecule has 0 bridgehead atoms. The van der Waals surface area contributed by atoms with Crippen molar-refractivity contribution in [2.75, 3.05) is 39.4 Å². The average Bonchev–Trinajstić information content (AvgIpc) is 2.80. The molecule has 2 fully saturated rings. The Hall–Kier alpha value is -0.0700. The van der Waals surface area contributed by atoms with Gasteiger partial charge in [-0.3, -0.25) is 9.69 Å². The van der Waals surface area contributed by atoms with Crippen LogP contribution in [0.5, 0.6) is 0 Å². The molecule has 0 aromatic carbocycles. The van der Waals surface area contributed by atoms with Crippen molar-refractivity contribution in [2.24, 2.45) is 11.7 Å². The van der Waals surface area contributed by atoms with Gasteiger partial charge in [-0.05, 0) is 12.3 Å². The quantitative estimate of drug-likeness (QED) is 0.830. The van der Waals surface area contributed by atoms with Crippen molar-refractivity contribution in [1.82, 2.24) is 9.80 Å². The van der Waals surface area contributed by atoms with Crippen molar-refractivity contribution in [3.05, 3.63) is 0 Å². The average molecular weight is 328 g/mol. The highest BCUT2D eigenvalue weighted by molar-refractivity contribution is 5.85. The Morgan fingerprint density at radius 2 is 1.90 bits per heavy atom. The number of ether oxygens (including phenoxy) is 1. The van der Waals surface area contributed by atoms with Gasteiger partial charge in [0.25, 0.3) is 0 Å². The van der Waals surface area contributed by atoms with Crippen LogP contribution in [0.1, 0.15) is 20.3 Å². The summed E-state index contributed by atoms with van der Waals surface area (Å²) in [6, 6.07) is 0.141. The Balaban J connectivity index is 0.00000180. The predicted octanol–water partition coefficient (Wildman–Crippen LogP) is 0.746. The summed E-state index contributed by atoms with van der Waals surface area (Å²) in [7, 11) is 0. The van der Waals surface area contributed by atoms with Gasteiger partial charge in [0.2, 0.25) is 5.91 Å². The molecular weight excluding hydrogens is 301 g/mol. The molecule has 0 saturated carbocycles. The van der Waals surface area contributed by atoms with E-state index in [1.165, 1.54) is 0 Å². The SMILES string of the molecule is CC[C@H](N)C(=O)N1CC(C)C(N2CCOCC2)C1.Cl.Cl. The van der Waals surface area contributed by atoms with Gasteiger partial charge in [0.15, 0.2) is 0 Å². The molecule has 0 aliphatic carbocycles. The van der Waals surface area contributed by atoms with Crippen molar-refractivity contribution in [3.63, 3.8) is 0 Å². The largest absolute Gasteiger partial charge is 0.379 e. The summed E-state index contributed by atoms with van der Waals surface area (Å²) >= 11 is 0. The molecule has 120 valence electrons. The van der Waals surface area contributed by atoms with E-state index in [9.17, 15) is 4.79 Å². The fraction of sp³-hybridized carbons (Fsp3) is 0.923. The van der Waals surface area contributed by atoms with Crippen LogP contribution in [0.15, 0.2) is 0 Å². The fourth-order valence-corrected chi connectivity index (χ4v) is 2.92. The molecule has 2 unspecified atom stereocenters. The Morgan fingerprint density at radius 1 is 1.30 bits per heavy atom. The second-order valence-corrected chi connectivity index (χ2v) is 5.45. The van der Waals surface area contributed by atoms with Gasteiger partial charge < -0.3 is 15.4 Å². The van der Waals surface area contributed by atoms with Crippen LogP contribution in [-0.2, 0) is 9.53 Å². The first-order valence-corrected chi connectivity index (χ1v) is 6.99. The molecule has 0 aromatic rings. The number of carbonyl (C=O) groups excluding carboxylic acids is 1. The third-order valence-electron chi connectivity index (χ3n) is 4.16. The van der Waals surface area contributed by atoms with Crippen LogP contribution >= 0.6 is 24.8 Å². The Bertz CT molecular complexity index is 301. The number of halogens is 2. The summed E-state index contributed by atoms with van der Waals surface area (Å²) in [5.41, 5.74) is 5.84. The molecule has 1 amide bonds. The van der Waals surface area contributed by atoms with E-state index < -0.39 is 0 Å². The van der Waals surface area contributed by atoms with Gasteiger partial charge in [0.1, 0.15) is 0 Å². The lowest BCUT2D eigenvalue weighted by Crippen LogP contribution is -2.48. The first-order chi connectivity index (χ1) is 8.63. The highest BCUT2D eigenvalue weighted by Gasteiger charge is 2.37. The Morgan fingerprint density at radius 3 is 2.45 bits per heavy atom. The van der Waals surface area contributed by atoms with Crippen LogP contribution < -0.4 is 5.73 Å². The second-order valence-electron chi connectivity index (χ2n) is 5.45. The maximum absolute atomic E-state index is 12.1. The zero-order valence-corrected chi connectivity index (χ0v) is 13.9. The smallest absolute Gasteiger partial charge is 0.239 e. The minimum Gasteiger partial charge on any atom is -0.379 e. The van der Waals surface area contributed by atoms with E-state index in [0.29, 0.717) is 18.4 Å². The molecule has 0 spiro atoms. The van der Waals surface area contributed by atoms with Gasteiger partial charge in [-0.15, -0.1) is 24.8 Å². The van der Waals surface area contributed by atoms with E-state index >= 15 is 0 Å². The molecule has 3 atom stereocenters. The topological polar surface area (TPSA) is 58.8 Å². The zero-order valence-electron chi connectivity index (χ0n) is 12.3. The maximum atomic E-state index is 12.1. The summed E-state index contributed by atoms with van der Waals surface area (Å²) in [5, 5.41) is 0. The third-order valence-corrected chi connectivity index (χ3v) is 4.16. The Kier molecular flexibility index (Phi) is 9.02. The van der Waals surface area contributed by atoms with E-state index in [-0.39, 0.29) is 36.8 Å². The summed E-state index contributed by atoms with van der Waals surface area (Å²) in [6.07, 6.45) is 0.714. The van der Waals surface area contributed by atoms with Crippen LogP contribution in [0.4, 0.5) is 0 Å². The molecule has 2 N–H and O–H groups in total. The minimum atomic E-state index is -0.333. The highest BCUT2D eigenvalue weighted by Crippen LogP contribution is 2.23. The van der Waals surface area contributed by atoms with Crippen LogP contribution in [0.3, 0.4) is 0 Å². The van der Waals surface area contributed by atoms with Crippen LogP contribution in [0.2, 0.25) is 0 Å². The fourth-order valence-electron chi connectivity index (χ4n) is 2.92. The minimum absolute atomic E-state index is 0. The molecule has 20 heavy (non-hydrogen) atoms. The summed E-state index contributed by atoms with van der Waals surface area (Å²) in [5.74, 6) is 0.635. The number of rotatable bonds is 3. The first-order valence-electron chi connectivity index (χ1n) is 6.99. The van der Waals surface area contributed by atoms with Crippen LogP contribution in [-0.4, -0.2) is 67.2 Å². The van der Waals surface area contributed by atoms with E-state index in [4.69, 9.17) is 10.5 Å². The second kappa shape index (κ2) is 9.05. The number of amides is 1. The van der Waals surface area contributed by atoms with Crippen molar-refractivity contribution >= 4 is 30.7 Å². The zero-order chi connectivity index (χ0) is 13.1. The molecule has 2 heterocycles. The number of hydrogen-bond donors (Lipinski definition) is 1. The number of nitrogens with zero attached hydrogens (tertiary/aromatic N) is 2. The lowest BCUT2D eigenvalue weighted by Gasteiger charge is -2.34. The lowest BCUT2D eigenvalue weighted by atomic mass is 10.0. The van der Waals surface area contributed by atoms with E-state index in [0.717, 1.165) is 39.4 Å². The summed E-state index contributed by atoms with van der Waals surface area (Å²) in [6.45, 7) is 9.44. The van der Waals surface area contributed by atoms with E-state index in [1.54, 1.807) is 0 Å². The molecule has 2 saturated heterocycles. The number of carbonyl (C=O) groups is 1. The predicted molar refractivity (Wildman–Crippen MR) is 84.7 cm³/mol. The van der Waals surface area contributed by atoms with Gasteiger partial charge in [-0.1, -0.05) is 13.8 Å². The number of nitrogens with two attached hydrogens (primary N) is 1. The molecule has 5 nitrogen and oxygen atoms in total. The molecule has 0 radical (unpaired) electrons. The monoisotopic (exact) mass is 327 g/mol. The molecule has 0 aromatic heterocycles. The van der Waals surface area contributed by atoms with Crippen molar-refractivity contribution in [1.29, 1.82) is 0 Å². The lowest BCUT2D eigenvalue weighted by molar-refractivity contribution is -0.131. The van der Waals surface area contributed by atoms with E-state index in [2.05, 4.69) is 11.8 Å². The molecule has 2 rings (SSSR count). The van der Waals surface area contributed by atoms with Gasteiger partial charge in [-0.2, -0.15) is 0 Å². The molecule has 7 heteroatoms. The van der Waals surface area contributed by atoms with Crippen molar-refractivity contribution in [2.45, 2.75) is 32.4 Å². The first kappa shape index (κ1) is 19.9. The molecule has 2 aliphatic rings. The van der Waals surface area contributed by atoms with Gasteiger partial charge in [0.05, 0.1) is 19.3 Å². The van der Waals surface area contributed by atoms with Gasteiger partial charge in [0, 0.05) is 32.2 Å². The number of hydrogen-bond acceptors (Lipinski definition) is 4. The third kappa shape index (κ3) is 4.46. The maximum Gasteiger partial charge on any atom is 0.239 e. The van der Waals surface area contributed by atoms with Gasteiger partial charge >= 0.3 is 0 Å². The highest BCUT2D eigenvalue weighted by atomic mass is 35.5. The standard InChI is InChI=1S/C13H25N3O2.2ClH/c1-3-11(14)13(17)16-8-10(2)12(9-16)15-4-6-18-7-5-15;;/h10-12H,3-9,14H2,1-2H3;2*1H/t10?,11-,12?;;/m0../s1. The Labute approximate surface area is 134 Å². The summed E-state index contributed by atoms with van der Waals surface area (Å²) in [4.78, 5) is 16.5. The normalized spacial score (nSPS) is 28.4.